The molecule has 3 aromatic carbocycles. The second-order valence-corrected chi connectivity index (χ2v) is 8.32. The fourth-order valence-electron chi connectivity index (χ4n) is 3.46. The van der Waals surface area contributed by atoms with Crippen LogP contribution >= 0.6 is 11.3 Å². The molecule has 0 aliphatic carbocycles. The summed E-state index contributed by atoms with van der Waals surface area (Å²) in [5.41, 5.74) is 6.72. The molecular weight excluding hydrogens is 376 g/mol. The van der Waals surface area contributed by atoms with Crippen LogP contribution in [0.4, 0.5) is 0 Å². The zero-order valence-corrected chi connectivity index (χ0v) is 17.8. The number of thiazole rings is 1. The average Bonchev–Trinajstić information content (AvgIpc) is 3.05. The van der Waals surface area contributed by atoms with Gasteiger partial charge in [-0.15, -0.1) is 0 Å². The molecule has 0 atom stereocenters. The van der Waals surface area contributed by atoms with Gasteiger partial charge >= 0.3 is 0 Å². The van der Waals surface area contributed by atoms with Gasteiger partial charge in [0, 0.05) is 12.1 Å². The summed E-state index contributed by atoms with van der Waals surface area (Å²) >= 11 is 1.57. The molecule has 0 aliphatic heterocycles. The Balaban J connectivity index is 1.64. The van der Waals surface area contributed by atoms with Gasteiger partial charge in [0.05, 0.1) is 10.2 Å². The van der Waals surface area contributed by atoms with E-state index in [1.165, 1.54) is 27.0 Å². The molecule has 0 saturated carbocycles. The molecule has 1 heterocycles. The van der Waals surface area contributed by atoms with Gasteiger partial charge in [-0.1, -0.05) is 53.8 Å². The Morgan fingerprint density at radius 1 is 0.931 bits per heavy atom. The van der Waals surface area contributed by atoms with E-state index in [4.69, 9.17) is 0 Å². The largest absolute Gasteiger partial charge is 0.317 e. The van der Waals surface area contributed by atoms with Crippen molar-refractivity contribution < 1.29 is 4.79 Å². The Morgan fingerprint density at radius 2 is 1.59 bits per heavy atom. The van der Waals surface area contributed by atoms with Crippen LogP contribution in [0.25, 0.3) is 10.2 Å². The summed E-state index contributed by atoms with van der Waals surface area (Å²) in [4.78, 5) is 18.0. The number of benzene rings is 3. The molecule has 4 aromatic rings. The summed E-state index contributed by atoms with van der Waals surface area (Å²) in [5, 5.41) is 0. The Morgan fingerprint density at radius 3 is 2.28 bits per heavy atom. The van der Waals surface area contributed by atoms with Gasteiger partial charge < -0.3 is 4.57 Å². The van der Waals surface area contributed by atoms with Gasteiger partial charge in [0.2, 0.25) is 0 Å². The van der Waals surface area contributed by atoms with Crippen LogP contribution in [0.2, 0.25) is 0 Å². The summed E-state index contributed by atoms with van der Waals surface area (Å²) in [6.45, 7) is 7.10. The molecule has 0 radical (unpaired) electrons. The predicted molar refractivity (Wildman–Crippen MR) is 121 cm³/mol. The molecular formula is C25H24N2OS. The third kappa shape index (κ3) is 4.08. The fraction of sp³-hybridized carbons (Fsp3) is 0.200. The van der Waals surface area contributed by atoms with Crippen LogP contribution < -0.4 is 4.80 Å². The number of fused-ring (bicyclic) bond motifs is 1. The van der Waals surface area contributed by atoms with E-state index in [0.29, 0.717) is 5.56 Å². The molecule has 0 fully saturated rings. The SMILES string of the molecule is CCn1c(=NC(=O)c2ccc(Cc3ccccc3)cc2)sc2cc(C)c(C)cc21. The first-order chi connectivity index (χ1) is 14.0. The molecule has 4 rings (SSSR count). The van der Waals surface area contributed by atoms with Crippen LogP contribution in [0, 0.1) is 13.8 Å². The van der Waals surface area contributed by atoms with Gasteiger partial charge in [0.15, 0.2) is 4.80 Å². The number of hydrogen-bond acceptors (Lipinski definition) is 2. The maximum absolute atomic E-state index is 12.8. The van der Waals surface area contributed by atoms with Gasteiger partial charge in [-0.2, -0.15) is 4.99 Å². The van der Waals surface area contributed by atoms with E-state index in [9.17, 15) is 4.79 Å². The van der Waals surface area contributed by atoms with E-state index in [0.717, 1.165) is 23.3 Å². The number of nitrogens with zero attached hydrogens (tertiary/aromatic N) is 2. The highest BCUT2D eigenvalue weighted by molar-refractivity contribution is 7.16. The summed E-state index contributed by atoms with van der Waals surface area (Å²) < 4.78 is 3.29. The second-order valence-electron chi connectivity index (χ2n) is 7.31. The van der Waals surface area contributed by atoms with Gasteiger partial charge in [-0.3, -0.25) is 4.79 Å². The van der Waals surface area contributed by atoms with Crippen molar-refractivity contribution in [2.24, 2.45) is 4.99 Å². The van der Waals surface area contributed by atoms with Crippen molar-refractivity contribution in [3.8, 4) is 0 Å². The maximum atomic E-state index is 12.8. The lowest BCUT2D eigenvalue weighted by Gasteiger charge is -2.04. The smallest absolute Gasteiger partial charge is 0.279 e. The Hall–Kier alpha value is -2.98. The molecule has 1 aromatic heterocycles. The standard InChI is InChI=1S/C25H24N2OS/c1-4-27-22-14-17(2)18(3)15-23(22)29-25(27)26-24(28)21-12-10-20(11-13-21)16-19-8-6-5-7-9-19/h5-15H,4,16H2,1-3H3. The number of hydrogen-bond donors (Lipinski definition) is 0. The lowest BCUT2D eigenvalue weighted by atomic mass is 10.0. The normalized spacial score (nSPS) is 11.9. The second kappa shape index (κ2) is 8.18. The Labute approximate surface area is 175 Å². The fourth-order valence-corrected chi connectivity index (χ4v) is 4.63. The van der Waals surface area contributed by atoms with Crippen LogP contribution in [0.3, 0.4) is 0 Å². The van der Waals surface area contributed by atoms with Gasteiger partial charge in [0.1, 0.15) is 0 Å². The molecule has 3 nitrogen and oxygen atoms in total. The van der Waals surface area contributed by atoms with Crippen molar-refractivity contribution in [3.05, 3.63) is 99.3 Å². The zero-order chi connectivity index (χ0) is 20.4. The van der Waals surface area contributed by atoms with Gasteiger partial charge in [-0.25, -0.2) is 0 Å². The first-order valence-electron chi connectivity index (χ1n) is 9.87. The third-order valence-electron chi connectivity index (χ3n) is 5.26. The highest BCUT2D eigenvalue weighted by atomic mass is 32.1. The van der Waals surface area contributed by atoms with Crippen molar-refractivity contribution in [1.29, 1.82) is 0 Å². The number of carbonyl (C=O) groups excluding carboxylic acids is 1. The van der Waals surface area contributed by atoms with Crippen molar-refractivity contribution in [2.45, 2.75) is 33.7 Å². The number of amides is 1. The minimum Gasteiger partial charge on any atom is -0.317 e. The van der Waals surface area contributed by atoms with Crippen LogP contribution in [-0.4, -0.2) is 10.5 Å². The van der Waals surface area contributed by atoms with E-state index in [2.05, 4.69) is 54.6 Å². The lowest BCUT2D eigenvalue weighted by Crippen LogP contribution is -2.16. The van der Waals surface area contributed by atoms with Crippen molar-refractivity contribution in [3.63, 3.8) is 0 Å². The molecule has 0 bridgehead atoms. The van der Waals surface area contributed by atoms with Crippen molar-refractivity contribution >= 4 is 27.5 Å². The molecule has 1 amide bonds. The zero-order valence-electron chi connectivity index (χ0n) is 17.0. The van der Waals surface area contributed by atoms with Crippen molar-refractivity contribution in [1.82, 2.24) is 4.57 Å². The topological polar surface area (TPSA) is 34.4 Å². The first kappa shape index (κ1) is 19.3. The number of carbonyl (C=O) groups is 1. The van der Waals surface area contributed by atoms with E-state index >= 15 is 0 Å². The lowest BCUT2D eigenvalue weighted by molar-refractivity contribution is 0.0998. The third-order valence-corrected chi connectivity index (χ3v) is 6.30. The molecule has 29 heavy (non-hydrogen) atoms. The van der Waals surface area contributed by atoms with Crippen LogP contribution in [0.1, 0.15) is 39.5 Å². The molecule has 146 valence electrons. The first-order valence-corrected chi connectivity index (χ1v) is 10.7. The molecule has 0 aliphatic rings. The van der Waals surface area contributed by atoms with Crippen LogP contribution in [0.5, 0.6) is 0 Å². The van der Waals surface area contributed by atoms with E-state index in [-0.39, 0.29) is 5.91 Å². The van der Waals surface area contributed by atoms with E-state index < -0.39 is 0 Å². The summed E-state index contributed by atoms with van der Waals surface area (Å²) in [5.74, 6) is -0.196. The minimum atomic E-state index is -0.196. The molecule has 0 spiro atoms. The summed E-state index contributed by atoms with van der Waals surface area (Å²) in [7, 11) is 0. The van der Waals surface area contributed by atoms with Gasteiger partial charge in [-0.05, 0) is 73.7 Å². The predicted octanol–water partition coefficient (Wildman–Crippen LogP) is 5.67. The number of aryl methyl sites for hydroxylation is 3. The van der Waals surface area contributed by atoms with E-state index in [1.807, 2.05) is 42.5 Å². The highest BCUT2D eigenvalue weighted by Crippen LogP contribution is 2.22. The average molecular weight is 401 g/mol. The highest BCUT2D eigenvalue weighted by Gasteiger charge is 2.10. The maximum Gasteiger partial charge on any atom is 0.279 e. The Bertz CT molecular complexity index is 1230. The summed E-state index contributed by atoms with van der Waals surface area (Å²) in [6.07, 6.45) is 0.858. The molecule has 0 N–H and O–H groups in total. The van der Waals surface area contributed by atoms with Crippen LogP contribution in [-0.2, 0) is 13.0 Å². The van der Waals surface area contributed by atoms with Crippen LogP contribution in [0.15, 0.2) is 71.7 Å². The molecule has 0 unspecified atom stereocenters. The quantitative estimate of drug-likeness (QED) is 0.434. The monoisotopic (exact) mass is 400 g/mol. The molecule has 0 saturated heterocycles. The van der Waals surface area contributed by atoms with Crippen molar-refractivity contribution in [2.75, 3.05) is 0 Å². The Kier molecular flexibility index (Phi) is 5.45. The minimum absolute atomic E-state index is 0.196. The summed E-state index contributed by atoms with van der Waals surface area (Å²) in [6, 6.07) is 22.5. The number of rotatable bonds is 4. The van der Waals surface area contributed by atoms with Gasteiger partial charge in [0.25, 0.3) is 5.91 Å². The number of aromatic nitrogens is 1. The molecule has 4 heteroatoms. The van der Waals surface area contributed by atoms with E-state index in [1.54, 1.807) is 11.3 Å².